The Hall–Kier alpha value is -2.75. The number of aliphatic hydroxyl groups excluding tert-OH is 1. The molecule has 1 aliphatic carbocycles. The summed E-state index contributed by atoms with van der Waals surface area (Å²) < 4.78 is 6.09. The van der Waals surface area contributed by atoms with E-state index in [1.807, 2.05) is 24.4 Å². The molecule has 2 heterocycles. The predicted molar refractivity (Wildman–Crippen MR) is 120 cm³/mol. The standard InChI is InChI=1S/C21H16NO.C5H8O2.Ir/c1-12-7-8-13-15(11-12)21(2,3)14-5-4-6-16-18(14)19-17(23-16)9-10-22-20(13)19;1-4(6)3-5(2)7;/h4-7,9-11H,1-3H3;3,6H,1-2H3;/q-1;;/b;4-3-;. The fourth-order valence-electron chi connectivity index (χ4n) is 4.21. The summed E-state index contributed by atoms with van der Waals surface area (Å²) in [6.45, 7) is 9.52. The molecule has 5 heteroatoms. The van der Waals surface area contributed by atoms with Gasteiger partial charge in [-0.2, -0.15) is 0 Å². The third kappa shape index (κ3) is 3.96. The van der Waals surface area contributed by atoms with E-state index in [1.54, 1.807) is 0 Å². The number of fused-ring (bicyclic) bond motifs is 2. The fraction of sp³-hybridized carbons (Fsp3) is 0.231. The maximum Gasteiger partial charge on any atom is 0.155 e. The van der Waals surface area contributed by atoms with Crippen molar-refractivity contribution in [3.8, 4) is 11.3 Å². The quantitative estimate of drug-likeness (QED) is 0.158. The van der Waals surface area contributed by atoms with Crippen LogP contribution in [0, 0.1) is 13.0 Å². The fourth-order valence-corrected chi connectivity index (χ4v) is 4.21. The Morgan fingerprint density at radius 3 is 2.48 bits per heavy atom. The van der Waals surface area contributed by atoms with Crippen molar-refractivity contribution in [1.29, 1.82) is 0 Å². The van der Waals surface area contributed by atoms with E-state index >= 15 is 0 Å². The third-order valence-electron chi connectivity index (χ3n) is 5.49. The van der Waals surface area contributed by atoms with E-state index in [2.05, 4.69) is 45.0 Å². The van der Waals surface area contributed by atoms with E-state index in [-0.39, 0.29) is 37.1 Å². The van der Waals surface area contributed by atoms with Crippen LogP contribution in [-0.4, -0.2) is 15.9 Å². The zero-order valence-electron chi connectivity index (χ0n) is 18.2. The molecule has 5 rings (SSSR count). The summed E-state index contributed by atoms with van der Waals surface area (Å²) in [5, 5.41) is 10.7. The molecule has 1 N–H and O–H groups in total. The number of ketones is 1. The van der Waals surface area contributed by atoms with Gasteiger partial charge in [-0.1, -0.05) is 32.9 Å². The van der Waals surface area contributed by atoms with E-state index in [9.17, 15) is 4.79 Å². The number of allylic oxidation sites excluding steroid dienone is 2. The van der Waals surface area contributed by atoms with Crippen LogP contribution >= 0.6 is 0 Å². The van der Waals surface area contributed by atoms with Gasteiger partial charge in [0.25, 0.3) is 0 Å². The first-order chi connectivity index (χ1) is 14.2. The van der Waals surface area contributed by atoms with Crippen molar-refractivity contribution in [2.24, 2.45) is 0 Å². The van der Waals surface area contributed by atoms with Gasteiger partial charge in [-0.3, -0.25) is 4.79 Å². The molecular formula is C26H24IrNO3-. The van der Waals surface area contributed by atoms with Crippen LogP contribution in [0.1, 0.15) is 44.4 Å². The Labute approximate surface area is 195 Å². The van der Waals surface area contributed by atoms with Gasteiger partial charge in [0, 0.05) is 43.2 Å². The molecule has 0 fully saturated rings. The van der Waals surface area contributed by atoms with Crippen LogP contribution in [-0.2, 0) is 30.3 Å². The SMILES string of the molecule is CC(=O)/C=C(/C)O.Cc1c[c-]c2c(c1)C(C)(C)c1cccc3oc4ccnc-2c4c13.[Ir]. The number of furan rings is 1. The van der Waals surface area contributed by atoms with Gasteiger partial charge < -0.3 is 14.5 Å². The number of carbonyl (C=O) groups excluding carboxylic acids is 1. The van der Waals surface area contributed by atoms with Crippen molar-refractivity contribution in [2.75, 3.05) is 0 Å². The van der Waals surface area contributed by atoms with Crippen LogP contribution in [0.15, 0.2) is 58.8 Å². The van der Waals surface area contributed by atoms with Gasteiger partial charge in [-0.25, -0.2) is 0 Å². The van der Waals surface area contributed by atoms with Crippen molar-refractivity contribution >= 4 is 27.7 Å². The molecule has 4 aromatic rings. The summed E-state index contributed by atoms with van der Waals surface area (Å²) in [5.41, 5.74) is 7.57. The second-order valence-electron chi connectivity index (χ2n) is 8.30. The topological polar surface area (TPSA) is 63.3 Å². The minimum atomic E-state index is -0.130. The normalized spacial score (nSPS) is 13.8. The number of pyridine rings is 1. The van der Waals surface area contributed by atoms with E-state index < -0.39 is 0 Å². The molecule has 161 valence electrons. The number of aromatic nitrogens is 1. The maximum absolute atomic E-state index is 10.0. The average Bonchev–Trinajstić information content (AvgIpc) is 3.02. The van der Waals surface area contributed by atoms with E-state index in [0.717, 1.165) is 27.8 Å². The molecule has 4 nitrogen and oxygen atoms in total. The van der Waals surface area contributed by atoms with Gasteiger partial charge in [0.1, 0.15) is 11.2 Å². The number of aliphatic hydroxyl groups is 1. The largest absolute Gasteiger partial charge is 0.512 e. The van der Waals surface area contributed by atoms with Crippen molar-refractivity contribution in [3.63, 3.8) is 0 Å². The summed E-state index contributed by atoms with van der Waals surface area (Å²) in [4.78, 5) is 14.7. The molecule has 0 spiro atoms. The van der Waals surface area contributed by atoms with E-state index in [4.69, 9.17) is 14.5 Å². The molecule has 2 aromatic heterocycles. The minimum Gasteiger partial charge on any atom is -0.512 e. The van der Waals surface area contributed by atoms with Crippen molar-refractivity contribution in [1.82, 2.24) is 4.98 Å². The maximum atomic E-state index is 10.0. The Morgan fingerprint density at radius 2 is 1.84 bits per heavy atom. The Morgan fingerprint density at radius 1 is 1.13 bits per heavy atom. The number of aryl methyl sites for hydroxylation is 1. The Balaban J connectivity index is 0.000000299. The van der Waals surface area contributed by atoms with E-state index in [1.165, 1.54) is 42.0 Å². The van der Waals surface area contributed by atoms with Crippen LogP contribution in [0.5, 0.6) is 0 Å². The molecular weight excluding hydrogens is 567 g/mol. The Bertz CT molecular complexity index is 1330. The average molecular weight is 591 g/mol. The van der Waals surface area contributed by atoms with Gasteiger partial charge in [0.15, 0.2) is 5.78 Å². The zero-order chi connectivity index (χ0) is 21.6. The second kappa shape index (κ2) is 8.41. The number of carbonyl (C=O) groups is 1. The van der Waals surface area contributed by atoms with Crippen LogP contribution in [0.4, 0.5) is 0 Å². The summed E-state index contributed by atoms with van der Waals surface area (Å²) in [7, 11) is 0. The van der Waals surface area contributed by atoms with E-state index in [0.29, 0.717) is 0 Å². The second-order valence-corrected chi connectivity index (χ2v) is 8.30. The molecule has 0 saturated heterocycles. The third-order valence-corrected chi connectivity index (χ3v) is 5.49. The molecule has 0 amide bonds. The van der Waals surface area contributed by atoms with Gasteiger partial charge in [-0.15, -0.1) is 34.9 Å². The molecule has 1 aliphatic rings. The summed E-state index contributed by atoms with van der Waals surface area (Å²) in [6.07, 6.45) is 3.00. The van der Waals surface area contributed by atoms with Gasteiger partial charge >= 0.3 is 0 Å². The predicted octanol–water partition coefficient (Wildman–Crippen LogP) is 6.43. The molecule has 1 radical (unpaired) electrons. The first kappa shape index (κ1) is 22.9. The first-order valence-electron chi connectivity index (χ1n) is 9.92. The molecule has 0 unspecified atom stereocenters. The van der Waals surface area contributed by atoms with Crippen molar-refractivity contribution in [2.45, 2.75) is 40.0 Å². The molecule has 0 atom stereocenters. The number of benzene rings is 2. The van der Waals surface area contributed by atoms with Crippen LogP contribution < -0.4 is 0 Å². The zero-order valence-corrected chi connectivity index (χ0v) is 20.6. The summed E-state index contributed by atoms with van der Waals surface area (Å²) in [6, 6.07) is 16.1. The minimum absolute atomic E-state index is 0. The molecule has 0 aliphatic heterocycles. The smallest absolute Gasteiger partial charge is 0.155 e. The number of rotatable bonds is 1. The van der Waals surface area contributed by atoms with Gasteiger partial charge in [0.2, 0.25) is 0 Å². The van der Waals surface area contributed by atoms with Crippen LogP contribution in [0.2, 0.25) is 0 Å². The van der Waals surface area contributed by atoms with Crippen molar-refractivity contribution < 1.29 is 34.4 Å². The van der Waals surface area contributed by atoms with Gasteiger partial charge in [0.05, 0.1) is 5.76 Å². The molecule has 31 heavy (non-hydrogen) atoms. The molecule has 0 bridgehead atoms. The Kier molecular flexibility index (Phi) is 6.22. The van der Waals surface area contributed by atoms with Gasteiger partial charge in [-0.05, 0) is 42.7 Å². The monoisotopic (exact) mass is 591 g/mol. The summed E-state index contributed by atoms with van der Waals surface area (Å²) in [5.74, 6) is -0.0625. The molecule has 0 saturated carbocycles. The van der Waals surface area contributed by atoms with Crippen LogP contribution in [0.25, 0.3) is 33.2 Å². The first-order valence-corrected chi connectivity index (χ1v) is 9.92. The molecule has 2 aromatic carbocycles. The number of nitrogens with zero attached hydrogens (tertiary/aromatic N) is 1. The number of hydrogen-bond acceptors (Lipinski definition) is 4. The number of hydrogen-bond donors (Lipinski definition) is 1. The summed E-state index contributed by atoms with van der Waals surface area (Å²) >= 11 is 0. The van der Waals surface area contributed by atoms with Crippen molar-refractivity contribution in [3.05, 3.63) is 77.2 Å². The van der Waals surface area contributed by atoms with Crippen LogP contribution in [0.3, 0.4) is 0 Å².